The molecular formula is C12H17NO2. The van der Waals surface area contributed by atoms with E-state index in [-0.39, 0.29) is 6.09 Å². The average Bonchev–Trinajstić information content (AvgIpc) is 2.69. The van der Waals surface area contributed by atoms with Gasteiger partial charge in [-0.15, -0.1) is 0 Å². The second kappa shape index (κ2) is 5.39. The van der Waals surface area contributed by atoms with Crippen molar-refractivity contribution in [2.45, 2.75) is 20.8 Å². The molecule has 1 aliphatic rings. The molecular weight excluding hydrogens is 190 g/mol. The predicted molar refractivity (Wildman–Crippen MR) is 61.2 cm³/mol. The molecule has 1 aromatic carbocycles. The topological polar surface area (TPSA) is 29.5 Å². The Morgan fingerprint density at radius 1 is 1.20 bits per heavy atom. The van der Waals surface area contributed by atoms with Crippen LogP contribution in [0.15, 0.2) is 24.3 Å². The molecule has 0 aromatic heterocycles. The van der Waals surface area contributed by atoms with Crippen molar-refractivity contribution in [2.24, 2.45) is 0 Å². The highest BCUT2D eigenvalue weighted by Crippen LogP contribution is 2.18. The molecule has 0 unspecified atom stereocenters. The number of rotatable bonds is 1. The van der Waals surface area contributed by atoms with Crippen LogP contribution in [0.1, 0.15) is 19.4 Å². The third-order valence-electron chi connectivity index (χ3n) is 2.11. The van der Waals surface area contributed by atoms with Crippen LogP contribution in [0.3, 0.4) is 0 Å². The average molecular weight is 207 g/mol. The molecule has 0 bridgehead atoms. The molecule has 2 rings (SSSR count). The number of benzene rings is 1. The van der Waals surface area contributed by atoms with Gasteiger partial charge in [0.25, 0.3) is 0 Å². The van der Waals surface area contributed by atoms with Crippen molar-refractivity contribution in [3.8, 4) is 0 Å². The van der Waals surface area contributed by atoms with Crippen molar-refractivity contribution in [2.75, 3.05) is 18.1 Å². The molecule has 0 saturated carbocycles. The molecule has 3 heteroatoms. The highest BCUT2D eigenvalue weighted by Gasteiger charge is 2.22. The number of ether oxygens (including phenoxy) is 1. The Kier molecular flexibility index (Phi) is 4.16. The van der Waals surface area contributed by atoms with E-state index in [0.717, 1.165) is 5.69 Å². The van der Waals surface area contributed by atoms with Gasteiger partial charge in [-0.1, -0.05) is 31.5 Å². The first-order valence-electron chi connectivity index (χ1n) is 5.28. The number of cyclic esters (lactones) is 1. The van der Waals surface area contributed by atoms with Gasteiger partial charge in [0, 0.05) is 5.69 Å². The number of nitrogens with zero attached hydrogens (tertiary/aromatic N) is 1. The van der Waals surface area contributed by atoms with E-state index in [4.69, 9.17) is 4.74 Å². The Hall–Kier alpha value is -1.51. The Balaban J connectivity index is 0.000000531. The minimum absolute atomic E-state index is 0.246. The van der Waals surface area contributed by atoms with E-state index in [1.54, 1.807) is 4.90 Å². The highest BCUT2D eigenvalue weighted by atomic mass is 16.6. The molecule has 1 aliphatic heterocycles. The lowest BCUT2D eigenvalue weighted by Crippen LogP contribution is -2.23. The summed E-state index contributed by atoms with van der Waals surface area (Å²) in [4.78, 5) is 12.8. The summed E-state index contributed by atoms with van der Waals surface area (Å²) in [6.07, 6.45) is -0.246. The van der Waals surface area contributed by atoms with Crippen molar-refractivity contribution in [1.82, 2.24) is 0 Å². The fourth-order valence-electron chi connectivity index (χ4n) is 1.35. The van der Waals surface area contributed by atoms with Gasteiger partial charge in [-0.25, -0.2) is 4.79 Å². The summed E-state index contributed by atoms with van der Waals surface area (Å²) in [6.45, 7) is 7.17. The molecule has 1 aromatic rings. The van der Waals surface area contributed by atoms with E-state index < -0.39 is 0 Å². The molecule has 15 heavy (non-hydrogen) atoms. The van der Waals surface area contributed by atoms with Crippen LogP contribution in [0, 0.1) is 6.92 Å². The summed E-state index contributed by atoms with van der Waals surface area (Å²) in [5.41, 5.74) is 2.10. The van der Waals surface area contributed by atoms with E-state index in [1.807, 2.05) is 45.0 Å². The molecule has 82 valence electrons. The van der Waals surface area contributed by atoms with Gasteiger partial charge < -0.3 is 4.74 Å². The zero-order valence-electron chi connectivity index (χ0n) is 9.49. The first-order valence-corrected chi connectivity index (χ1v) is 5.28. The highest BCUT2D eigenvalue weighted by molar-refractivity contribution is 5.89. The van der Waals surface area contributed by atoms with Crippen LogP contribution < -0.4 is 4.90 Å². The molecule has 3 nitrogen and oxygen atoms in total. The van der Waals surface area contributed by atoms with Crippen molar-refractivity contribution < 1.29 is 9.53 Å². The molecule has 0 spiro atoms. The van der Waals surface area contributed by atoms with E-state index in [1.165, 1.54) is 5.56 Å². The Morgan fingerprint density at radius 3 is 2.27 bits per heavy atom. The number of anilines is 1. The monoisotopic (exact) mass is 207 g/mol. The van der Waals surface area contributed by atoms with Gasteiger partial charge >= 0.3 is 6.09 Å². The number of hydrogen-bond acceptors (Lipinski definition) is 2. The van der Waals surface area contributed by atoms with Crippen LogP contribution in [-0.4, -0.2) is 19.2 Å². The maximum absolute atomic E-state index is 11.2. The SMILES string of the molecule is CC.Cc1ccc(N2CCOC2=O)cc1. The zero-order valence-corrected chi connectivity index (χ0v) is 9.49. The molecule has 1 amide bonds. The maximum Gasteiger partial charge on any atom is 0.414 e. The quantitative estimate of drug-likeness (QED) is 0.708. The molecule has 0 atom stereocenters. The van der Waals surface area contributed by atoms with Gasteiger partial charge in [0.15, 0.2) is 0 Å². The predicted octanol–water partition coefficient (Wildman–Crippen LogP) is 2.98. The van der Waals surface area contributed by atoms with E-state index in [0.29, 0.717) is 13.2 Å². The number of aryl methyl sites for hydroxylation is 1. The summed E-state index contributed by atoms with van der Waals surface area (Å²) in [5, 5.41) is 0. The van der Waals surface area contributed by atoms with Gasteiger partial charge in [0.1, 0.15) is 6.61 Å². The van der Waals surface area contributed by atoms with E-state index in [9.17, 15) is 4.79 Å². The van der Waals surface area contributed by atoms with Gasteiger partial charge in [-0.3, -0.25) is 4.90 Å². The van der Waals surface area contributed by atoms with Crippen LogP contribution in [0.5, 0.6) is 0 Å². The molecule has 1 heterocycles. The summed E-state index contributed by atoms with van der Waals surface area (Å²) in [5.74, 6) is 0. The Bertz CT molecular complexity index is 319. The largest absolute Gasteiger partial charge is 0.447 e. The third kappa shape index (κ3) is 2.72. The van der Waals surface area contributed by atoms with Gasteiger partial charge in [-0.05, 0) is 19.1 Å². The summed E-state index contributed by atoms with van der Waals surface area (Å²) in [6, 6.07) is 7.84. The lowest BCUT2D eigenvalue weighted by atomic mass is 10.2. The van der Waals surface area contributed by atoms with Crippen LogP contribution in [0.4, 0.5) is 10.5 Å². The van der Waals surface area contributed by atoms with Crippen molar-refractivity contribution >= 4 is 11.8 Å². The fourth-order valence-corrected chi connectivity index (χ4v) is 1.35. The van der Waals surface area contributed by atoms with E-state index >= 15 is 0 Å². The number of carbonyl (C=O) groups is 1. The smallest absolute Gasteiger partial charge is 0.414 e. The number of amides is 1. The molecule has 1 fully saturated rings. The summed E-state index contributed by atoms with van der Waals surface area (Å²) in [7, 11) is 0. The maximum atomic E-state index is 11.2. The second-order valence-electron chi connectivity index (χ2n) is 3.10. The molecule has 0 N–H and O–H groups in total. The lowest BCUT2D eigenvalue weighted by Gasteiger charge is -2.12. The normalized spacial score (nSPS) is 14.3. The first-order chi connectivity index (χ1) is 7.27. The Labute approximate surface area is 90.7 Å². The minimum Gasteiger partial charge on any atom is -0.447 e. The fraction of sp³-hybridized carbons (Fsp3) is 0.417. The zero-order chi connectivity index (χ0) is 11.3. The van der Waals surface area contributed by atoms with Crippen molar-refractivity contribution in [1.29, 1.82) is 0 Å². The second-order valence-corrected chi connectivity index (χ2v) is 3.10. The van der Waals surface area contributed by atoms with Crippen LogP contribution in [0.25, 0.3) is 0 Å². The molecule has 0 aliphatic carbocycles. The number of hydrogen-bond donors (Lipinski definition) is 0. The summed E-state index contributed by atoms with van der Waals surface area (Å²) < 4.78 is 4.84. The third-order valence-corrected chi connectivity index (χ3v) is 2.11. The van der Waals surface area contributed by atoms with Gasteiger partial charge in [0.2, 0.25) is 0 Å². The lowest BCUT2D eigenvalue weighted by molar-refractivity contribution is 0.181. The van der Waals surface area contributed by atoms with Crippen LogP contribution >= 0.6 is 0 Å². The molecule has 0 radical (unpaired) electrons. The van der Waals surface area contributed by atoms with Crippen molar-refractivity contribution in [3.05, 3.63) is 29.8 Å². The number of carbonyl (C=O) groups excluding carboxylic acids is 1. The van der Waals surface area contributed by atoms with Crippen LogP contribution in [-0.2, 0) is 4.74 Å². The van der Waals surface area contributed by atoms with Crippen LogP contribution in [0.2, 0.25) is 0 Å². The van der Waals surface area contributed by atoms with Gasteiger partial charge in [-0.2, -0.15) is 0 Å². The van der Waals surface area contributed by atoms with Gasteiger partial charge in [0.05, 0.1) is 6.54 Å². The first kappa shape index (κ1) is 11.6. The standard InChI is InChI=1S/C10H11NO2.C2H6/c1-8-2-4-9(5-3-8)11-6-7-13-10(11)12;1-2/h2-5H,6-7H2,1H3;1-2H3. The summed E-state index contributed by atoms with van der Waals surface area (Å²) >= 11 is 0. The minimum atomic E-state index is -0.246. The van der Waals surface area contributed by atoms with Crippen molar-refractivity contribution in [3.63, 3.8) is 0 Å². The Morgan fingerprint density at radius 2 is 1.80 bits per heavy atom. The molecule has 1 saturated heterocycles. The van der Waals surface area contributed by atoms with E-state index in [2.05, 4.69) is 0 Å².